The van der Waals surface area contributed by atoms with Crippen LogP contribution in [0.15, 0.2) is 29.3 Å². The quantitative estimate of drug-likeness (QED) is 0.411. The third kappa shape index (κ3) is 6.82. The van der Waals surface area contributed by atoms with Crippen molar-refractivity contribution < 1.29 is 14.3 Å². The number of aliphatic imine (C=N–C) groups is 1. The second kappa shape index (κ2) is 9.31. The maximum absolute atomic E-state index is 11.5. The van der Waals surface area contributed by atoms with Gasteiger partial charge >= 0.3 is 6.09 Å². The van der Waals surface area contributed by atoms with Crippen molar-refractivity contribution in [3.63, 3.8) is 0 Å². The van der Waals surface area contributed by atoms with E-state index in [4.69, 9.17) is 15.2 Å². The van der Waals surface area contributed by atoms with E-state index < -0.39 is 5.60 Å². The van der Waals surface area contributed by atoms with Crippen molar-refractivity contribution in [3.8, 4) is 5.75 Å². The van der Waals surface area contributed by atoms with Crippen LogP contribution in [0.2, 0.25) is 0 Å². The number of ether oxygens (including phenoxy) is 2. The van der Waals surface area contributed by atoms with E-state index in [-0.39, 0.29) is 12.1 Å². The Bertz CT molecular complexity index is 625. The summed E-state index contributed by atoms with van der Waals surface area (Å²) in [5, 5.41) is 6.00. The average molecular weight is 362 g/mol. The predicted molar refractivity (Wildman–Crippen MR) is 102 cm³/mol. The molecule has 0 saturated carbocycles. The summed E-state index contributed by atoms with van der Waals surface area (Å²) in [5.41, 5.74) is 6.64. The van der Waals surface area contributed by atoms with Crippen molar-refractivity contribution >= 4 is 12.1 Å². The zero-order chi connectivity index (χ0) is 19.0. The maximum Gasteiger partial charge on any atom is 0.407 e. The van der Waals surface area contributed by atoms with E-state index in [1.165, 1.54) is 0 Å². The molecule has 2 rings (SSSR count). The third-order valence-electron chi connectivity index (χ3n) is 3.82. The van der Waals surface area contributed by atoms with Crippen molar-refractivity contribution in [2.24, 2.45) is 10.7 Å². The molecule has 0 fully saturated rings. The number of para-hydroxylation sites is 1. The second-order valence-electron chi connectivity index (χ2n) is 7.27. The molecule has 1 aromatic carbocycles. The largest absolute Gasteiger partial charge is 0.493 e. The van der Waals surface area contributed by atoms with Gasteiger partial charge in [0.05, 0.1) is 12.6 Å². The fourth-order valence-electron chi connectivity index (χ4n) is 2.66. The number of hydrogen-bond acceptors (Lipinski definition) is 4. The molecule has 0 saturated heterocycles. The highest BCUT2D eigenvalue weighted by atomic mass is 16.6. The Hall–Kier alpha value is -2.44. The maximum atomic E-state index is 11.5. The first-order chi connectivity index (χ1) is 12.3. The molecule has 7 nitrogen and oxygen atoms in total. The first-order valence-corrected chi connectivity index (χ1v) is 9.10. The zero-order valence-corrected chi connectivity index (χ0v) is 15.9. The number of fused-ring (bicyclic) bond motifs is 1. The van der Waals surface area contributed by atoms with Gasteiger partial charge in [-0.3, -0.25) is 4.99 Å². The van der Waals surface area contributed by atoms with E-state index in [9.17, 15) is 4.79 Å². The number of alkyl carbamates (subject to hydrolysis) is 1. The van der Waals surface area contributed by atoms with Gasteiger partial charge < -0.3 is 25.8 Å². The van der Waals surface area contributed by atoms with Crippen molar-refractivity contribution in [2.45, 2.75) is 51.7 Å². The lowest BCUT2D eigenvalue weighted by molar-refractivity contribution is 0.0527. The number of nitrogens with two attached hydrogens (primary N) is 1. The Morgan fingerprint density at radius 2 is 2.12 bits per heavy atom. The number of benzene rings is 1. The molecule has 1 heterocycles. The Morgan fingerprint density at radius 1 is 1.35 bits per heavy atom. The minimum absolute atomic E-state index is 0.123. The van der Waals surface area contributed by atoms with Gasteiger partial charge in [0.2, 0.25) is 0 Å². The van der Waals surface area contributed by atoms with Gasteiger partial charge in [0, 0.05) is 25.1 Å². The molecule has 4 N–H and O–H groups in total. The van der Waals surface area contributed by atoms with Crippen LogP contribution in [-0.4, -0.2) is 37.4 Å². The number of carbonyl (C=O) groups is 1. The van der Waals surface area contributed by atoms with Crippen molar-refractivity contribution in [2.75, 3.05) is 19.7 Å². The van der Waals surface area contributed by atoms with Crippen molar-refractivity contribution in [1.82, 2.24) is 10.6 Å². The summed E-state index contributed by atoms with van der Waals surface area (Å²) in [6.07, 6.45) is 2.12. The van der Waals surface area contributed by atoms with E-state index in [1.807, 2.05) is 45.0 Å². The normalized spacial score (nSPS) is 17.0. The van der Waals surface area contributed by atoms with E-state index in [0.717, 1.165) is 30.6 Å². The van der Waals surface area contributed by atoms with Gasteiger partial charge in [0.1, 0.15) is 11.4 Å². The number of nitrogens with zero attached hydrogens (tertiary/aromatic N) is 1. The number of amides is 1. The Kier molecular flexibility index (Phi) is 7.12. The van der Waals surface area contributed by atoms with Crippen LogP contribution < -0.4 is 21.1 Å². The second-order valence-corrected chi connectivity index (χ2v) is 7.27. The number of nitrogens with one attached hydrogen (secondary N) is 2. The van der Waals surface area contributed by atoms with E-state index in [2.05, 4.69) is 15.6 Å². The van der Waals surface area contributed by atoms with Crippen LogP contribution in [0.25, 0.3) is 0 Å². The lowest BCUT2D eigenvalue weighted by atomic mass is 10.0. The molecule has 0 bridgehead atoms. The summed E-state index contributed by atoms with van der Waals surface area (Å²) in [6.45, 7) is 7.36. The Morgan fingerprint density at radius 3 is 2.88 bits per heavy atom. The minimum Gasteiger partial charge on any atom is -0.493 e. The molecule has 1 atom stereocenters. The van der Waals surface area contributed by atoms with Crippen LogP contribution in [-0.2, 0) is 4.74 Å². The first kappa shape index (κ1) is 19.9. The molecule has 1 aromatic rings. The van der Waals surface area contributed by atoms with Crippen LogP contribution in [0.1, 0.15) is 51.6 Å². The van der Waals surface area contributed by atoms with Crippen LogP contribution >= 0.6 is 0 Å². The van der Waals surface area contributed by atoms with E-state index >= 15 is 0 Å². The molecule has 26 heavy (non-hydrogen) atoms. The average Bonchev–Trinajstić information content (AvgIpc) is 2.57. The molecule has 1 amide bonds. The molecule has 0 spiro atoms. The number of rotatable bonds is 6. The molecule has 0 aliphatic carbocycles. The molecular weight excluding hydrogens is 332 g/mol. The SMILES string of the molecule is CC(C)(C)OC(=O)NCCCCN=C(N)NC1CCOc2ccccc21. The third-order valence-corrected chi connectivity index (χ3v) is 3.82. The lowest BCUT2D eigenvalue weighted by Gasteiger charge is -2.26. The first-order valence-electron chi connectivity index (χ1n) is 9.10. The van der Waals surface area contributed by atoms with Crippen LogP contribution in [0, 0.1) is 0 Å². The lowest BCUT2D eigenvalue weighted by Crippen LogP contribution is -2.37. The smallest absolute Gasteiger partial charge is 0.407 e. The molecule has 7 heteroatoms. The fraction of sp³-hybridized carbons (Fsp3) is 0.579. The number of hydrogen-bond donors (Lipinski definition) is 3. The number of guanidine groups is 1. The van der Waals surface area contributed by atoms with Gasteiger partial charge in [-0.05, 0) is 39.7 Å². The molecule has 144 valence electrons. The molecule has 0 aromatic heterocycles. The highest BCUT2D eigenvalue weighted by molar-refractivity contribution is 5.78. The summed E-state index contributed by atoms with van der Waals surface area (Å²) in [4.78, 5) is 15.9. The number of unbranched alkanes of at least 4 members (excludes halogenated alkanes) is 1. The van der Waals surface area contributed by atoms with E-state index in [0.29, 0.717) is 25.7 Å². The topological polar surface area (TPSA) is 98.0 Å². The monoisotopic (exact) mass is 362 g/mol. The summed E-state index contributed by atoms with van der Waals surface area (Å²) >= 11 is 0. The molecular formula is C19H30N4O3. The van der Waals surface area contributed by atoms with Gasteiger partial charge in [-0.25, -0.2) is 4.79 Å². The van der Waals surface area contributed by atoms with Crippen LogP contribution in [0.5, 0.6) is 5.75 Å². The van der Waals surface area contributed by atoms with Gasteiger partial charge in [-0.15, -0.1) is 0 Å². The minimum atomic E-state index is -0.475. The van der Waals surface area contributed by atoms with Gasteiger partial charge in [0.15, 0.2) is 5.96 Å². The summed E-state index contributed by atoms with van der Waals surface area (Å²) in [7, 11) is 0. The molecule has 1 unspecified atom stereocenters. The highest BCUT2D eigenvalue weighted by Gasteiger charge is 2.21. The van der Waals surface area contributed by atoms with E-state index in [1.54, 1.807) is 0 Å². The van der Waals surface area contributed by atoms with Gasteiger partial charge in [-0.1, -0.05) is 18.2 Å². The molecule has 1 aliphatic rings. The van der Waals surface area contributed by atoms with Crippen molar-refractivity contribution in [1.29, 1.82) is 0 Å². The molecule has 0 radical (unpaired) electrons. The zero-order valence-electron chi connectivity index (χ0n) is 15.9. The Balaban J connectivity index is 1.66. The summed E-state index contributed by atoms with van der Waals surface area (Å²) < 4.78 is 10.8. The van der Waals surface area contributed by atoms with Crippen molar-refractivity contribution in [3.05, 3.63) is 29.8 Å². The summed E-state index contributed by atoms with van der Waals surface area (Å²) in [6, 6.07) is 8.09. The van der Waals surface area contributed by atoms with Gasteiger partial charge in [-0.2, -0.15) is 0 Å². The van der Waals surface area contributed by atoms with Gasteiger partial charge in [0.25, 0.3) is 0 Å². The fourth-order valence-corrected chi connectivity index (χ4v) is 2.66. The van der Waals surface area contributed by atoms with Crippen LogP contribution in [0.3, 0.4) is 0 Å². The standard InChI is InChI=1S/C19H30N4O3/c1-19(2,3)26-18(24)22-12-7-6-11-21-17(20)23-15-10-13-25-16-9-5-4-8-14(15)16/h4-5,8-9,15H,6-7,10-13H2,1-3H3,(H,22,24)(H3,20,21,23). The Labute approximate surface area is 155 Å². The highest BCUT2D eigenvalue weighted by Crippen LogP contribution is 2.31. The number of carbonyl (C=O) groups excluding carboxylic acids is 1. The summed E-state index contributed by atoms with van der Waals surface area (Å²) in [5.74, 6) is 1.34. The predicted octanol–water partition coefficient (Wildman–Crippen LogP) is 2.72. The molecule has 1 aliphatic heterocycles. The van der Waals surface area contributed by atoms with Crippen LogP contribution in [0.4, 0.5) is 4.79 Å².